The highest BCUT2D eigenvalue weighted by Gasteiger charge is 2.35. The molecule has 0 bridgehead atoms. The van der Waals surface area contributed by atoms with Crippen molar-refractivity contribution in [3.63, 3.8) is 0 Å². The summed E-state index contributed by atoms with van der Waals surface area (Å²) in [5.41, 5.74) is 0.672. The van der Waals surface area contributed by atoms with E-state index in [0.717, 1.165) is 0 Å². The minimum absolute atomic E-state index is 0.0340. The van der Waals surface area contributed by atoms with Crippen LogP contribution in [0.1, 0.15) is 10.4 Å². The van der Waals surface area contributed by atoms with Crippen LogP contribution in [0.25, 0.3) is 0 Å². The topological polar surface area (TPSA) is 82.7 Å². The fraction of sp³-hybridized carbons (Fsp3) is 0.357. The Morgan fingerprint density at radius 2 is 1.80 bits per heavy atom. The number of carbonyl (C=O) groups excluding carboxylic acids is 2. The number of alkyl halides is 3. The molecule has 0 radical (unpaired) electrons. The Morgan fingerprint density at radius 1 is 1.20 bits per heavy atom. The minimum Gasteiger partial charge on any atom is -0.465 e. The Morgan fingerprint density at radius 3 is 2.32 bits per heavy atom. The molecule has 0 heterocycles. The highest BCUT2D eigenvalue weighted by molar-refractivity contribution is 7.80. The van der Waals surface area contributed by atoms with Crippen molar-refractivity contribution in [2.45, 2.75) is 9.96 Å². The number of amides is 2. The van der Waals surface area contributed by atoms with Gasteiger partial charge in [-0.2, -0.15) is 0 Å². The van der Waals surface area contributed by atoms with Crippen molar-refractivity contribution in [1.29, 1.82) is 0 Å². The van der Waals surface area contributed by atoms with Crippen molar-refractivity contribution in [2.75, 3.05) is 26.5 Å². The molecule has 0 saturated heterocycles. The number of ether oxygens (including phenoxy) is 1. The third kappa shape index (κ3) is 6.74. The summed E-state index contributed by atoms with van der Waals surface area (Å²) >= 11 is 22.8. The number of thiocarbonyl (C=S) groups is 1. The number of halogens is 3. The number of methoxy groups -OCH3 is 1. The van der Waals surface area contributed by atoms with Crippen molar-refractivity contribution in [2.24, 2.45) is 0 Å². The summed E-state index contributed by atoms with van der Waals surface area (Å²) < 4.78 is 2.83. The van der Waals surface area contributed by atoms with Gasteiger partial charge in [0.2, 0.25) is 3.79 Å². The summed E-state index contributed by atoms with van der Waals surface area (Å²) in [6.07, 6.45) is -1.11. The van der Waals surface area contributed by atoms with Crippen LogP contribution < -0.4 is 16.0 Å². The molecule has 0 aliphatic rings. The average Bonchev–Trinajstić information content (AvgIpc) is 2.52. The number of hydrogen-bond donors (Lipinski definition) is 3. The molecule has 11 heteroatoms. The van der Waals surface area contributed by atoms with Gasteiger partial charge >= 0.3 is 12.0 Å². The number of para-hydroxylation sites is 1. The SMILES string of the molecule is COC(=O)c1ccccc1NC(=S)N[C@@H](NC(=O)N(C)C)C(Cl)(Cl)Cl. The number of benzene rings is 1. The summed E-state index contributed by atoms with van der Waals surface area (Å²) in [7, 11) is 4.34. The predicted molar refractivity (Wildman–Crippen MR) is 103 cm³/mol. The van der Waals surface area contributed by atoms with Crippen LogP contribution in [0.4, 0.5) is 10.5 Å². The van der Waals surface area contributed by atoms with Crippen molar-refractivity contribution < 1.29 is 14.3 Å². The smallest absolute Gasteiger partial charge is 0.339 e. The van der Waals surface area contributed by atoms with E-state index in [1.165, 1.54) is 26.1 Å². The second-order valence-electron chi connectivity index (χ2n) is 4.95. The summed E-state index contributed by atoms with van der Waals surface area (Å²) in [5.74, 6) is -0.537. The molecule has 0 spiro atoms. The lowest BCUT2D eigenvalue weighted by atomic mass is 10.2. The predicted octanol–water partition coefficient (Wildman–Crippen LogP) is 2.73. The van der Waals surface area contributed by atoms with Crippen LogP contribution in [0, 0.1) is 0 Å². The van der Waals surface area contributed by atoms with Gasteiger partial charge in [-0.05, 0) is 24.4 Å². The molecule has 0 aliphatic heterocycles. The van der Waals surface area contributed by atoms with Gasteiger partial charge in [0, 0.05) is 14.1 Å². The van der Waals surface area contributed by atoms with Gasteiger partial charge in [-0.3, -0.25) is 0 Å². The molecule has 0 saturated carbocycles. The van der Waals surface area contributed by atoms with Gasteiger partial charge < -0.3 is 25.6 Å². The molecule has 7 nitrogen and oxygen atoms in total. The van der Waals surface area contributed by atoms with E-state index in [-0.39, 0.29) is 10.7 Å². The summed E-state index contributed by atoms with van der Waals surface area (Å²) in [5, 5.41) is 8.02. The molecular formula is C14H17Cl3N4O3S. The van der Waals surface area contributed by atoms with E-state index in [1.807, 2.05) is 0 Å². The van der Waals surface area contributed by atoms with E-state index < -0.39 is 22.0 Å². The third-order valence-corrected chi connectivity index (χ3v) is 3.73. The number of urea groups is 1. The standard InChI is InChI=1S/C14H17Cl3N4O3S/c1-21(2)13(23)20-11(14(15,16)17)19-12(25)18-9-7-5-4-6-8(9)10(22)24-3/h4-7,11H,1-3H3,(H,20,23)(H2,18,19,25)/t11-/m0/s1. The maximum Gasteiger partial charge on any atom is 0.339 e. The van der Waals surface area contributed by atoms with Gasteiger partial charge in [-0.1, -0.05) is 46.9 Å². The van der Waals surface area contributed by atoms with Crippen LogP contribution in [-0.2, 0) is 4.74 Å². The quantitative estimate of drug-likeness (QED) is 0.297. The van der Waals surface area contributed by atoms with E-state index in [0.29, 0.717) is 5.69 Å². The van der Waals surface area contributed by atoms with Crippen LogP contribution in [0.5, 0.6) is 0 Å². The maximum absolute atomic E-state index is 11.8. The monoisotopic (exact) mass is 426 g/mol. The molecule has 0 aliphatic carbocycles. The number of carbonyl (C=O) groups is 2. The van der Waals surface area contributed by atoms with Gasteiger partial charge in [0.15, 0.2) is 11.3 Å². The lowest BCUT2D eigenvalue weighted by Crippen LogP contribution is -2.57. The second kappa shape index (κ2) is 9.28. The average molecular weight is 428 g/mol. The molecule has 25 heavy (non-hydrogen) atoms. The van der Waals surface area contributed by atoms with E-state index >= 15 is 0 Å². The van der Waals surface area contributed by atoms with Crippen molar-refractivity contribution >= 4 is 69.8 Å². The Hall–Kier alpha value is -1.48. The molecule has 138 valence electrons. The first-order valence-electron chi connectivity index (χ1n) is 6.85. The Bertz CT molecular complexity index is 652. The number of nitrogens with zero attached hydrogens (tertiary/aromatic N) is 1. The number of anilines is 1. The highest BCUT2D eigenvalue weighted by Crippen LogP contribution is 2.29. The zero-order valence-corrected chi connectivity index (χ0v) is 16.7. The van der Waals surface area contributed by atoms with E-state index in [1.54, 1.807) is 24.3 Å². The fourth-order valence-corrected chi connectivity index (χ4v) is 2.18. The molecule has 1 rings (SSSR count). The highest BCUT2D eigenvalue weighted by atomic mass is 35.6. The Kier molecular flexibility index (Phi) is 8.01. The number of hydrogen-bond acceptors (Lipinski definition) is 4. The molecule has 1 aromatic carbocycles. The first-order chi connectivity index (χ1) is 11.6. The van der Waals surface area contributed by atoms with E-state index in [9.17, 15) is 9.59 Å². The first kappa shape index (κ1) is 21.6. The molecule has 3 N–H and O–H groups in total. The number of esters is 1. The summed E-state index contributed by atoms with van der Waals surface area (Å²) in [6.45, 7) is 0. The van der Waals surface area contributed by atoms with E-state index in [2.05, 4.69) is 16.0 Å². The summed E-state index contributed by atoms with van der Waals surface area (Å²) in [6, 6.07) is 6.09. The van der Waals surface area contributed by atoms with Gasteiger partial charge in [0.25, 0.3) is 0 Å². The zero-order chi connectivity index (χ0) is 19.2. The third-order valence-electron chi connectivity index (χ3n) is 2.86. The molecular weight excluding hydrogens is 411 g/mol. The maximum atomic E-state index is 11.8. The number of rotatable bonds is 4. The van der Waals surface area contributed by atoms with Gasteiger partial charge in [0.05, 0.1) is 18.4 Å². The lowest BCUT2D eigenvalue weighted by Gasteiger charge is -2.29. The van der Waals surface area contributed by atoms with Crippen molar-refractivity contribution in [3.8, 4) is 0 Å². The molecule has 0 unspecified atom stereocenters. The molecule has 1 atom stereocenters. The van der Waals surface area contributed by atoms with Gasteiger partial charge in [-0.25, -0.2) is 9.59 Å². The molecule has 2 amide bonds. The van der Waals surface area contributed by atoms with Crippen LogP contribution >= 0.6 is 47.0 Å². The van der Waals surface area contributed by atoms with Crippen LogP contribution in [0.3, 0.4) is 0 Å². The van der Waals surface area contributed by atoms with Gasteiger partial charge in [-0.15, -0.1) is 0 Å². The summed E-state index contributed by atoms with van der Waals surface area (Å²) in [4.78, 5) is 24.8. The van der Waals surface area contributed by atoms with Crippen molar-refractivity contribution in [1.82, 2.24) is 15.5 Å². The van der Waals surface area contributed by atoms with Gasteiger partial charge in [0.1, 0.15) is 0 Å². The molecule has 0 fully saturated rings. The van der Waals surface area contributed by atoms with Crippen LogP contribution in [0.2, 0.25) is 0 Å². The minimum atomic E-state index is -1.88. The number of nitrogens with one attached hydrogen (secondary N) is 3. The second-order valence-corrected chi connectivity index (χ2v) is 7.73. The zero-order valence-electron chi connectivity index (χ0n) is 13.6. The van der Waals surface area contributed by atoms with Crippen molar-refractivity contribution in [3.05, 3.63) is 29.8 Å². The fourth-order valence-electron chi connectivity index (χ4n) is 1.62. The van der Waals surface area contributed by atoms with E-state index in [4.69, 9.17) is 51.8 Å². The largest absolute Gasteiger partial charge is 0.465 e. The van der Waals surface area contributed by atoms with Crippen LogP contribution in [-0.4, -0.2) is 53.2 Å². The molecule has 1 aromatic rings. The molecule has 0 aromatic heterocycles. The lowest BCUT2D eigenvalue weighted by molar-refractivity contribution is 0.0602. The normalized spacial score (nSPS) is 11.9. The Labute approximate surface area is 165 Å². The first-order valence-corrected chi connectivity index (χ1v) is 8.40. The van der Waals surface area contributed by atoms with Crippen LogP contribution in [0.15, 0.2) is 24.3 Å². The Balaban J connectivity index is 2.89.